The number of hydrogen-bond acceptors (Lipinski definition) is 4. The lowest BCUT2D eigenvalue weighted by Gasteiger charge is -2.14. The summed E-state index contributed by atoms with van der Waals surface area (Å²) in [6.45, 7) is 2.40. The van der Waals surface area contributed by atoms with E-state index in [4.69, 9.17) is 5.10 Å². The van der Waals surface area contributed by atoms with Crippen molar-refractivity contribution in [3.05, 3.63) is 119 Å². The highest BCUT2D eigenvalue weighted by atomic mass is 16.1. The van der Waals surface area contributed by atoms with Gasteiger partial charge in [0.1, 0.15) is 5.69 Å². The first kappa shape index (κ1) is 21.7. The Morgan fingerprint density at radius 2 is 1.69 bits per heavy atom. The highest BCUT2D eigenvalue weighted by Crippen LogP contribution is 2.29. The van der Waals surface area contributed by atoms with Crippen molar-refractivity contribution < 1.29 is 4.79 Å². The van der Waals surface area contributed by atoms with Crippen LogP contribution in [0.3, 0.4) is 0 Å². The molecule has 0 atom stereocenters. The van der Waals surface area contributed by atoms with Gasteiger partial charge in [-0.25, -0.2) is 4.68 Å². The van der Waals surface area contributed by atoms with E-state index in [2.05, 4.69) is 21.8 Å². The van der Waals surface area contributed by atoms with Crippen LogP contribution in [0.15, 0.2) is 102 Å². The van der Waals surface area contributed by atoms with Gasteiger partial charge in [-0.3, -0.25) is 9.59 Å². The van der Waals surface area contributed by atoms with Crippen molar-refractivity contribution in [2.24, 2.45) is 0 Å². The highest BCUT2D eigenvalue weighted by molar-refractivity contribution is 5.99. The first-order chi connectivity index (χ1) is 17.6. The number of carbonyl (C=O) groups excluding carboxylic acids is 1. The van der Waals surface area contributed by atoms with E-state index in [-0.39, 0.29) is 11.3 Å². The molecular formula is C29H23N5O2. The summed E-state index contributed by atoms with van der Waals surface area (Å²) in [5.41, 5.74) is 4.96. The summed E-state index contributed by atoms with van der Waals surface area (Å²) in [4.78, 5) is 26.1. The molecule has 2 aliphatic heterocycles. The van der Waals surface area contributed by atoms with Gasteiger partial charge in [-0.15, -0.1) is 0 Å². The fourth-order valence-electron chi connectivity index (χ4n) is 4.63. The van der Waals surface area contributed by atoms with Crippen LogP contribution in [-0.4, -0.2) is 29.9 Å². The van der Waals surface area contributed by atoms with Gasteiger partial charge in [0.2, 0.25) is 0 Å². The van der Waals surface area contributed by atoms with Gasteiger partial charge in [-0.05, 0) is 42.0 Å². The van der Waals surface area contributed by atoms with Crippen LogP contribution in [0.5, 0.6) is 0 Å². The molecule has 0 N–H and O–H groups in total. The fourth-order valence-corrected chi connectivity index (χ4v) is 4.63. The number of benzene rings is 3. The Balaban J connectivity index is 1.48. The second kappa shape index (κ2) is 8.78. The standard InChI is InChI=1S/C29H23N5O2/c1-2-27(35)22-8-3-6-11-26(22)34-29(36)24-19-32(25-10-5-4-9-23(25)28(24)31-34)18-20-12-14-21(15-13-20)33-17-7-16-30-33/h3-17,19H,2,18H2,1H3. The second-order valence-corrected chi connectivity index (χ2v) is 8.66. The summed E-state index contributed by atoms with van der Waals surface area (Å²) in [6, 6.07) is 25.2. The number of ketones is 1. The SMILES string of the molecule is CCC(=O)c1ccccc1-n1nc2c3ccccc3n(Cc3ccc(-n4cccn4)cc3)cc-2c1=O. The van der Waals surface area contributed by atoms with Gasteiger partial charge < -0.3 is 4.57 Å². The summed E-state index contributed by atoms with van der Waals surface area (Å²) >= 11 is 0. The van der Waals surface area contributed by atoms with E-state index in [9.17, 15) is 9.59 Å². The van der Waals surface area contributed by atoms with Gasteiger partial charge in [0.25, 0.3) is 5.56 Å². The molecule has 0 saturated carbocycles. The fraction of sp³-hybridized carbons (Fsp3) is 0.103. The summed E-state index contributed by atoms with van der Waals surface area (Å²) in [7, 11) is 0. The number of rotatable bonds is 6. The zero-order valence-corrected chi connectivity index (χ0v) is 19.7. The minimum atomic E-state index is -0.241. The van der Waals surface area contributed by atoms with Gasteiger partial charge in [-0.1, -0.05) is 49.4 Å². The Kier molecular flexibility index (Phi) is 5.30. The van der Waals surface area contributed by atoms with E-state index in [1.165, 1.54) is 4.68 Å². The van der Waals surface area contributed by atoms with Crippen LogP contribution in [0.2, 0.25) is 0 Å². The number of pyridine rings is 1. The van der Waals surface area contributed by atoms with Crippen molar-refractivity contribution in [3.63, 3.8) is 0 Å². The molecule has 0 aliphatic carbocycles. The lowest BCUT2D eigenvalue weighted by Crippen LogP contribution is -2.18. The van der Waals surface area contributed by atoms with Crippen molar-refractivity contribution in [1.29, 1.82) is 0 Å². The Morgan fingerprint density at radius 1 is 0.917 bits per heavy atom. The van der Waals surface area contributed by atoms with Gasteiger partial charge in [-0.2, -0.15) is 14.9 Å². The molecule has 0 amide bonds. The van der Waals surface area contributed by atoms with Crippen LogP contribution in [-0.2, 0) is 6.54 Å². The predicted molar refractivity (Wildman–Crippen MR) is 139 cm³/mol. The molecule has 0 spiro atoms. The molecule has 36 heavy (non-hydrogen) atoms. The molecule has 2 aliphatic rings. The third-order valence-corrected chi connectivity index (χ3v) is 6.44. The average Bonchev–Trinajstić information content (AvgIpc) is 3.58. The maximum absolute atomic E-state index is 13.6. The maximum Gasteiger partial charge on any atom is 0.282 e. The van der Waals surface area contributed by atoms with E-state index >= 15 is 0 Å². The van der Waals surface area contributed by atoms with E-state index in [1.807, 2.05) is 72.5 Å². The summed E-state index contributed by atoms with van der Waals surface area (Å²) in [5, 5.41) is 9.87. The highest BCUT2D eigenvalue weighted by Gasteiger charge is 2.23. The molecular weight excluding hydrogens is 450 g/mol. The summed E-state index contributed by atoms with van der Waals surface area (Å²) < 4.78 is 5.26. The lowest BCUT2D eigenvalue weighted by atomic mass is 10.1. The summed E-state index contributed by atoms with van der Waals surface area (Å²) in [6.07, 6.45) is 5.89. The normalized spacial score (nSPS) is 11.4. The minimum Gasteiger partial charge on any atom is -0.342 e. The van der Waals surface area contributed by atoms with E-state index < -0.39 is 0 Å². The number of nitrogens with zero attached hydrogens (tertiary/aromatic N) is 5. The molecule has 7 nitrogen and oxygen atoms in total. The number of carbonyl (C=O) groups is 1. The Bertz CT molecular complexity index is 1730. The number of para-hydroxylation sites is 2. The van der Waals surface area contributed by atoms with Crippen LogP contribution in [0.25, 0.3) is 33.5 Å². The van der Waals surface area contributed by atoms with Crippen LogP contribution < -0.4 is 5.56 Å². The third-order valence-electron chi connectivity index (χ3n) is 6.44. The third kappa shape index (κ3) is 3.62. The van der Waals surface area contributed by atoms with Gasteiger partial charge in [0.05, 0.1) is 22.5 Å². The Labute approximate surface area is 207 Å². The first-order valence-corrected chi connectivity index (χ1v) is 11.9. The zero-order valence-electron chi connectivity index (χ0n) is 19.7. The van der Waals surface area contributed by atoms with E-state index in [1.54, 1.807) is 24.4 Å². The van der Waals surface area contributed by atoms with Crippen molar-refractivity contribution in [2.45, 2.75) is 19.9 Å². The van der Waals surface area contributed by atoms with Crippen LogP contribution in [0.1, 0.15) is 29.3 Å². The van der Waals surface area contributed by atoms with Crippen molar-refractivity contribution >= 4 is 16.7 Å². The molecule has 3 heterocycles. The molecule has 3 aromatic carbocycles. The minimum absolute atomic E-state index is 0.0250. The maximum atomic E-state index is 13.6. The molecule has 0 bridgehead atoms. The number of Topliss-reactive ketones (excluding diaryl/α,β-unsaturated/α-hetero) is 1. The van der Waals surface area contributed by atoms with Crippen molar-refractivity contribution in [1.82, 2.24) is 24.1 Å². The molecule has 0 fully saturated rings. The van der Waals surface area contributed by atoms with Crippen molar-refractivity contribution in [3.8, 4) is 22.6 Å². The number of hydrogen-bond donors (Lipinski definition) is 0. The molecule has 176 valence electrons. The molecule has 0 radical (unpaired) electrons. The van der Waals surface area contributed by atoms with Crippen LogP contribution in [0, 0.1) is 0 Å². The van der Waals surface area contributed by atoms with Crippen LogP contribution in [0.4, 0.5) is 0 Å². The molecule has 1 aromatic heterocycles. The molecule has 0 unspecified atom stereocenters. The Hall–Kier alpha value is -4.78. The summed E-state index contributed by atoms with van der Waals surface area (Å²) in [5.74, 6) is -0.0250. The molecule has 7 heteroatoms. The topological polar surface area (TPSA) is 74.7 Å². The second-order valence-electron chi connectivity index (χ2n) is 8.66. The first-order valence-electron chi connectivity index (χ1n) is 11.9. The quantitative estimate of drug-likeness (QED) is 0.315. The number of fused-ring (bicyclic) bond motifs is 3. The van der Waals surface area contributed by atoms with Crippen molar-refractivity contribution in [2.75, 3.05) is 0 Å². The van der Waals surface area contributed by atoms with Gasteiger partial charge in [0.15, 0.2) is 5.78 Å². The smallest absolute Gasteiger partial charge is 0.282 e. The van der Waals surface area contributed by atoms with E-state index in [0.29, 0.717) is 35.5 Å². The van der Waals surface area contributed by atoms with E-state index in [0.717, 1.165) is 22.2 Å². The zero-order chi connectivity index (χ0) is 24.6. The molecule has 6 rings (SSSR count). The molecule has 4 aromatic rings. The van der Waals surface area contributed by atoms with Crippen LogP contribution >= 0.6 is 0 Å². The Morgan fingerprint density at radius 3 is 2.47 bits per heavy atom. The lowest BCUT2D eigenvalue weighted by molar-refractivity contribution is 0.0988. The average molecular weight is 474 g/mol. The van der Waals surface area contributed by atoms with Gasteiger partial charge >= 0.3 is 0 Å². The van der Waals surface area contributed by atoms with Gasteiger partial charge in [0, 0.05) is 42.5 Å². The monoisotopic (exact) mass is 473 g/mol. The molecule has 0 saturated heterocycles. The number of aromatic nitrogens is 5. The largest absolute Gasteiger partial charge is 0.342 e. The predicted octanol–water partition coefficient (Wildman–Crippen LogP) is 5.12.